The number of fused-ring (bicyclic) bond motifs is 1. The van der Waals surface area contributed by atoms with Crippen LogP contribution in [-0.2, 0) is 4.74 Å². The number of alkyl halides is 1. The number of halogens is 2. The van der Waals surface area contributed by atoms with Gasteiger partial charge in [-0.1, -0.05) is 0 Å². The standard InChI is InChI=1S/C13H13F2NO2/c14-5-9-7-18-13(6-16-9)10-3-8-1-2-17-12(8)4-11(10)15/h1-4,9,13,16H,5-7H2. The maximum Gasteiger partial charge on any atom is 0.136 e. The van der Waals surface area contributed by atoms with Crippen LogP contribution in [0.4, 0.5) is 8.78 Å². The number of furan rings is 1. The molecule has 1 fully saturated rings. The molecule has 0 radical (unpaired) electrons. The average Bonchev–Trinajstić information content (AvgIpc) is 2.85. The van der Waals surface area contributed by atoms with Gasteiger partial charge in [0.15, 0.2) is 0 Å². The molecule has 2 unspecified atom stereocenters. The third kappa shape index (κ3) is 2.00. The van der Waals surface area contributed by atoms with E-state index >= 15 is 0 Å². The summed E-state index contributed by atoms with van der Waals surface area (Å²) < 4.78 is 37.0. The SMILES string of the molecule is FCC1COC(c2cc3ccoc3cc2F)CN1. The molecule has 2 aromatic rings. The fraction of sp³-hybridized carbons (Fsp3) is 0.385. The minimum atomic E-state index is -0.476. The second-order valence-corrected chi connectivity index (χ2v) is 4.41. The molecule has 96 valence electrons. The maximum absolute atomic E-state index is 13.9. The zero-order valence-corrected chi connectivity index (χ0v) is 9.66. The van der Waals surface area contributed by atoms with E-state index in [1.807, 2.05) is 0 Å². The van der Waals surface area contributed by atoms with Crippen molar-refractivity contribution in [2.45, 2.75) is 12.1 Å². The molecule has 3 nitrogen and oxygen atoms in total. The fourth-order valence-electron chi connectivity index (χ4n) is 2.17. The third-order valence-corrected chi connectivity index (χ3v) is 3.20. The van der Waals surface area contributed by atoms with Crippen molar-refractivity contribution >= 4 is 11.0 Å². The van der Waals surface area contributed by atoms with E-state index in [2.05, 4.69) is 5.32 Å². The summed E-state index contributed by atoms with van der Waals surface area (Å²) in [5, 5.41) is 3.83. The predicted molar refractivity (Wildman–Crippen MR) is 62.6 cm³/mol. The van der Waals surface area contributed by atoms with Gasteiger partial charge in [0.05, 0.1) is 25.0 Å². The molecule has 0 aliphatic carbocycles. The monoisotopic (exact) mass is 253 g/mol. The van der Waals surface area contributed by atoms with Crippen LogP contribution in [-0.4, -0.2) is 25.9 Å². The van der Waals surface area contributed by atoms with Crippen molar-refractivity contribution in [1.82, 2.24) is 5.32 Å². The Morgan fingerprint density at radius 3 is 3.00 bits per heavy atom. The van der Waals surface area contributed by atoms with Gasteiger partial charge in [0.1, 0.15) is 18.1 Å². The topological polar surface area (TPSA) is 34.4 Å². The van der Waals surface area contributed by atoms with E-state index in [4.69, 9.17) is 9.15 Å². The van der Waals surface area contributed by atoms with Gasteiger partial charge < -0.3 is 14.5 Å². The van der Waals surface area contributed by atoms with E-state index in [0.717, 1.165) is 5.39 Å². The molecule has 0 amide bonds. The first-order valence-corrected chi connectivity index (χ1v) is 5.85. The second kappa shape index (κ2) is 4.66. The molecule has 3 rings (SSSR count). The van der Waals surface area contributed by atoms with Gasteiger partial charge in [-0.15, -0.1) is 0 Å². The molecule has 2 heterocycles. The van der Waals surface area contributed by atoms with Crippen LogP contribution < -0.4 is 5.32 Å². The normalized spacial score (nSPS) is 24.6. The summed E-state index contributed by atoms with van der Waals surface area (Å²) in [7, 11) is 0. The molecule has 1 aliphatic heterocycles. The van der Waals surface area contributed by atoms with Gasteiger partial charge in [-0.25, -0.2) is 8.78 Å². The number of hydrogen-bond donors (Lipinski definition) is 1. The highest BCUT2D eigenvalue weighted by Crippen LogP contribution is 2.27. The van der Waals surface area contributed by atoms with Gasteiger partial charge in [-0.05, 0) is 12.1 Å². The van der Waals surface area contributed by atoms with Crippen molar-refractivity contribution in [3.63, 3.8) is 0 Å². The molecule has 0 spiro atoms. The molecule has 1 N–H and O–H groups in total. The number of rotatable bonds is 2. The molecular formula is C13H13F2NO2. The third-order valence-electron chi connectivity index (χ3n) is 3.20. The largest absolute Gasteiger partial charge is 0.464 e. The number of ether oxygens (including phenoxy) is 1. The Kier molecular flexibility index (Phi) is 3.01. The molecule has 1 aromatic heterocycles. The second-order valence-electron chi connectivity index (χ2n) is 4.41. The highest BCUT2D eigenvalue weighted by molar-refractivity contribution is 5.78. The van der Waals surface area contributed by atoms with Gasteiger partial charge in [0, 0.05) is 23.6 Å². The zero-order valence-electron chi connectivity index (χ0n) is 9.66. The predicted octanol–water partition coefficient (Wildman–Crippen LogP) is 2.57. The van der Waals surface area contributed by atoms with E-state index in [1.54, 1.807) is 12.1 Å². The van der Waals surface area contributed by atoms with Gasteiger partial charge >= 0.3 is 0 Å². The Bertz CT molecular complexity index is 547. The molecule has 1 aromatic carbocycles. The summed E-state index contributed by atoms with van der Waals surface area (Å²) in [6.07, 6.45) is 1.14. The van der Waals surface area contributed by atoms with E-state index in [0.29, 0.717) is 17.7 Å². The van der Waals surface area contributed by atoms with Crippen LogP contribution in [0, 0.1) is 5.82 Å². The van der Waals surface area contributed by atoms with Crippen molar-refractivity contribution in [3.8, 4) is 0 Å². The molecule has 18 heavy (non-hydrogen) atoms. The molecule has 2 atom stereocenters. The maximum atomic E-state index is 13.9. The lowest BCUT2D eigenvalue weighted by Crippen LogP contribution is -2.44. The smallest absolute Gasteiger partial charge is 0.136 e. The van der Waals surface area contributed by atoms with Crippen LogP contribution in [0.25, 0.3) is 11.0 Å². The van der Waals surface area contributed by atoms with Crippen molar-refractivity contribution in [3.05, 3.63) is 35.8 Å². The summed E-state index contributed by atoms with van der Waals surface area (Å²) in [5.41, 5.74) is 0.996. The summed E-state index contributed by atoms with van der Waals surface area (Å²) in [4.78, 5) is 0. The average molecular weight is 253 g/mol. The minimum absolute atomic E-state index is 0.254. The van der Waals surface area contributed by atoms with Crippen molar-refractivity contribution in [2.75, 3.05) is 19.8 Å². The van der Waals surface area contributed by atoms with Crippen LogP contribution in [0.2, 0.25) is 0 Å². The zero-order chi connectivity index (χ0) is 12.5. The fourth-order valence-corrected chi connectivity index (χ4v) is 2.17. The van der Waals surface area contributed by atoms with Gasteiger partial charge in [0.2, 0.25) is 0 Å². The van der Waals surface area contributed by atoms with Gasteiger partial charge in [-0.3, -0.25) is 0 Å². The lowest BCUT2D eigenvalue weighted by atomic mass is 10.0. The molecule has 1 aliphatic rings. The van der Waals surface area contributed by atoms with E-state index in [9.17, 15) is 8.78 Å². The van der Waals surface area contributed by atoms with Crippen LogP contribution in [0.15, 0.2) is 28.9 Å². The summed E-state index contributed by atoms with van der Waals surface area (Å²) in [6.45, 7) is 0.189. The minimum Gasteiger partial charge on any atom is -0.464 e. The Hall–Kier alpha value is -1.46. The molecule has 0 saturated carbocycles. The lowest BCUT2D eigenvalue weighted by Gasteiger charge is -2.29. The van der Waals surface area contributed by atoms with Crippen LogP contribution in [0.5, 0.6) is 0 Å². The van der Waals surface area contributed by atoms with Crippen LogP contribution in [0.3, 0.4) is 0 Å². The molecule has 1 saturated heterocycles. The van der Waals surface area contributed by atoms with E-state index < -0.39 is 6.67 Å². The lowest BCUT2D eigenvalue weighted by molar-refractivity contribution is -0.00373. The summed E-state index contributed by atoms with van der Waals surface area (Å²) in [5.74, 6) is -0.358. The van der Waals surface area contributed by atoms with E-state index in [1.165, 1.54) is 12.3 Å². The first-order valence-electron chi connectivity index (χ1n) is 5.85. The first kappa shape index (κ1) is 11.6. The number of morpholine rings is 1. The Morgan fingerprint density at radius 1 is 1.39 bits per heavy atom. The van der Waals surface area contributed by atoms with Crippen molar-refractivity contribution < 1.29 is 17.9 Å². The highest BCUT2D eigenvalue weighted by Gasteiger charge is 2.25. The Morgan fingerprint density at radius 2 is 2.28 bits per heavy atom. The Balaban J connectivity index is 1.87. The number of benzene rings is 1. The van der Waals surface area contributed by atoms with Gasteiger partial charge in [-0.2, -0.15) is 0 Å². The highest BCUT2D eigenvalue weighted by atomic mass is 19.1. The Labute approximate surface area is 103 Å². The van der Waals surface area contributed by atoms with Gasteiger partial charge in [0.25, 0.3) is 0 Å². The first-order chi connectivity index (χ1) is 8.78. The van der Waals surface area contributed by atoms with E-state index in [-0.39, 0.29) is 24.6 Å². The number of hydrogen-bond acceptors (Lipinski definition) is 3. The quantitative estimate of drug-likeness (QED) is 0.893. The molecule has 5 heteroatoms. The summed E-state index contributed by atoms with van der Waals surface area (Å²) >= 11 is 0. The van der Waals surface area contributed by atoms with Crippen LogP contribution in [0.1, 0.15) is 11.7 Å². The number of nitrogens with one attached hydrogen (secondary N) is 1. The molecular weight excluding hydrogens is 240 g/mol. The van der Waals surface area contributed by atoms with Crippen molar-refractivity contribution in [1.29, 1.82) is 0 Å². The summed E-state index contributed by atoms with van der Waals surface area (Å²) in [6, 6.07) is 4.56. The van der Waals surface area contributed by atoms with Crippen molar-refractivity contribution in [2.24, 2.45) is 0 Å². The van der Waals surface area contributed by atoms with Crippen LogP contribution >= 0.6 is 0 Å². The molecule has 0 bridgehead atoms.